The molecular formula is C14H21N3. The number of rotatable bonds is 2. The van der Waals surface area contributed by atoms with E-state index in [1.165, 1.54) is 22.3 Å². The first-order valence-electron chi connectivity index (χ1n) is 6.19. The summed E-state index contributed by atoms with van der Waals surface area (Å²) in [6.07, 6.45) is 0. The SMILES string of the molecule is CCN1C(N)=NCC1c1cc(C)c(C)cc1C. The Balaban J connectivity index is 2.39. The zero-order valence-electron chi connectivity index (χ0n) is 11.1. The van der Waals surface area contributed by atoms with Crippen molar-refractivity contribution in [3.63, 3.8) is 0 Å². The smallest absolute Gasteiger partial charge is 0.191 e. The third kappa shape index (κ3) is 2.02. The molecule has 0 radical (unpaired) electrons. The molecule has 0 saturated carbocycles. The lowest BCUT2D eigenvalue weighted by molar-refractivity contribution is 0.363. The Bertz CT molecular complexity index is 463. The number of aliphatic imine (C=N–C) groups is 1. The van der Waals surface area contributed by atoms with Crippen molar-refractivity contribution in [3.8, 4) is 0 Å². The van der Waals surface area contributed by atoms with Gasteiger partial charge in [0.15, 0.2) is 5.96 Å². The van der Waals surface area contributed by atoms with Crippen LogP contribution >= 0.6 is 0 Å². The second kappa shape index (κ2) is 4.40. The molecule has 1 atom stereocenters. The summed E-state index contributed by atoms with van der Waals surface area (Å²) >= 11 is 0. The molecule has 1 aromatic carbocycles. The van der Waals surface area contributed by atoms with Crippen LogP contribution in [0.4, 0.5) is 0 Å². The Morgan fingerprint density at radius 1 is 1.24 bits per heavy atom. The van der Waals surface area contributed by atoms with Crippen molar-refractivity contribution in [2.45, 2.75) is 33.7 Å². The molecule has 17 heavy (non-hydrogen) atoms. The summed E-state index contributed by atoms with van der Waals surface area (Å²) < 4.78 is 0. The van der Waals surface area contributed by atoms with Gasteiger partial charge in [0.25, 0.3) is 0 Å². The van der Waals surface area contributed by atoms with E-state index in [0.29, 0.717) is 12.0 Å². The van der Waals surface area contributed by atoms with Crippen LogP contribution in [0.2, 0.25) is 0 Å². The number of hydrogen-bond donors (Lipinski definition) is 1. The third-order valence-corrected chi connectivity index (χ3v) is 3.68. The molecule has 0 aromatic heterocycles. The van der Waals surface area contributed by atoms with E-state index in [2.05, 4.69) is 49.7 Å². The monoisotopic (exact) mass is 231 g/mol. The van der Waals surface area contributed by atoms with Crippen molar-refractivity contribution in [3.05, 3.63) is 34.4 Å². The van der Waals surface area contributed by atoms with Crippen LogP contribution < -0.4 is 5.73 Å². The zero-order valence-corrected chi connectivity index (χ0v) is 11.1. The lowest BCUT2D eigenvalue weighted by atomic mass is 9.95. The lowest BCUT2D eigenvalue weighted by Crippen LogP contribution is -2.36. The molecule has 2 N–H and O–H groups in total. The summed E-state index contributed by atoms with van der Waals surface area (Å²) in [7, 11) is 0. The van der Waals surface area contributed by atoms with Gasteiger partial charge in [0.05, 0.1) is 12.6 Å². The average Bonchev–Trinajstić information content (AvgIpc) is 2.64. The Labute approximate surface area is 103 Å². The summed E-state index contributed by atoms with van der Waals surface area (Å²) in [4.78, 5) is 6.54. The van der Waals surface area contributed by atoms with Crippen LogP contribution in [0.1, 0.15) is 35.2 Å². The minimum absolute atomic E-state index is 0.319. The van der Waals surface area contributed by atoms with Crippen LogP contribution in [0.15, 0.2) is 17.1 Å². The first-order valence-corrected chi connectivity index (χ1v) is 6.19. The van der Waals surface area contributed by atoms with E-state index in [9.17, 15) is 0 Å². The molecule has 3 nitrogen and oxygen atoms in total. The summed E-state index contributed by atoms with van der Waals surface area (Å²) in [6.45, 7) is 10.3. The highest BCUT2D eigenvalue weighted by atomic mass is 15.3. The fourth-order valence-corrected chi connectivity index (χ4v) is 2.52. The third-order valence-electron chi connectivity index (χ3n) is 3.68. The molecule has 0 saturated heterocycles. The first-order chi connectivity index (χ1) is 8.04. The number of hydrogen-bond acceptors (Lipinski definition) is 3. The predicted octanol–water partition coefficient (Wildman–Crippen LogP) is 2.30. The molecule has 1 aliphatic heterocycles. The minimum atomic E-state index is 0.319. The van der Waals surface area contributed by atoms with E-state index in [1.54, 1.807) is 0 Å². The Morgan fingerprint density at radius 3 is 2.53 bits per heavy atom. The van der Waals surface area contributed by atoms with E-state index in [1.807, 2.05) is 0 Å². The fourth-order valence-electron chi connectivity index (χ4n) is 2.52. The highest BCUT2D eigenvalue weighted by Gasteiger charge is 2.27. The van der Waals surface area contributed by atoms with Crippen LogP contribution in [0.5, 0.6) is 0 Å². The number of benzene rings is 1. The molecule has 0 bridgehead atoms. The van der Waals surface area contributed by atoms with Gasteiger partial charge < -0.3 is 10.6 Å². The minimum Gasteiger partial charge on any atom is -0.370 e. The number of nitrogens with two attached hydrogens (primary N) is 1. The van der Waals surface area contributed by atoms with Gasteiger partial charge in [-0.3, -0.25) is 4.99 Å². The van der Waals surface area contributed by atoms with Crippen molar-refractivity contribution < 1.29 is 0 Å². The molecule has 1 aromatic rings. The summed E-state index contributed by atoms with van der Waals surface area (Å²) in [5, 5.41) is 0. The Hall–Kier alpha value is -1.51. The van der Waals surface area contributed by atoms with Gasteiger partial charge in [-0.25, -0.2) is 0 Å². The number of guanidine groups is 1. The molecule has 0 spiro atoms. The van der Waals surface area contributed by atoms with E-state index in [4.69, 9.17) is 5.73 Å². The topological polar surface area (TPSA) is 41.6 Å². The molecule has 1 unspecified atom stereocenters. The predicted molar refractivity (Wildman–Crippen MR) is 72.3 cm³/mol. The molecule has 0 fully saturated rings. The number of likely N-dealkylation sites (N-methyl/N-ethyl adjacent to an activating group) is 1. The summed E-state index contributed by atoms with van der Waals surface area (Å²) in [5.74, 6) is 0.676. The van der Waals surface area contributed by atoms with Crippen molar-refractivity contribution in [1.82, 2.24) is 4.90 Å². The maximum absolute atomic E-state index is 5.91. The van der Waals surface area contributed by atoms with Gasteiger partial charge >= 0.3 is 0 Å². The zero-order chi connectivity index (χ0) is 12.6. The second-order valence-corrected chi connectivity index (χ2v) is 4.79. The number of nitrogens with zero attached hydrogens (tertiary/aromatic N) is 2. The highest BCUT2D eigenvalue weighted by Crippen LogP contribution is 2.29. The summed E-state index contributed by atoms with van der Waals surface area (Å²) in [5.41, 5.74) is 11.3. The van der Waals surface area contributed by atoms with Crippen molar-refractivity contribution in [1.29, 1.82) is 0 Å². The Morgan fingerprint density at radius 2 is 1.88 bits per heavy atom. The van der Waals surface area contributed by atoms with E-state index in [0.717, 1.165) is 13.1 Å². The van der Waals surface area contributed by atoms with Crippen LogP contribution in [0, 0.1) is 20.8 Å². The van der Waals surface area contributed by atoms with Crippen LogP contribution in [0.3, 0.4) is 0 Å². The number of aryl methyl sites for hydroxylation is 3. The van der Waals surface area contributed by atoms with E-state index >= 15 is 0 Å². The molecule has 2 rings (SSSR count). The quantitative estimate of drug-likeness (QED) is 0.848. The van der Waals surface area contributed by atoms with Crippen LogP contribution in [-0.2, 0) is 0 Å². The standard InChI is InChI=1S/C14H21N3/c1-5-17-13(8-16-14(17)15)12-7-10(3)9(2)6-11(12)4/h6-7,13H,5,8H2,1-4H3,(H2,15,16). The molecular weight excluding hydrogens is 210 g/mol. The van der Waals surface area contributed by atoms with Gasteiger partial charge in [0.2, 0.25) is 0 Å². The lowest BCUT2D eigenvalue weighted by Gasteiger charge is -2.26. The largest absolute Gasteiger partial charge is 0.370 e. The molecule has 3 heteroatoms. The van der Waals surface area contributed by atoms with Gasteiger partial charge in [-0.1, -0.05) is 12.1 Å². The average molecular weight is 231 g/mol. The van der Waals surface area contributed by atoms with Crippen molar-refractivity contribution in [2.75, 3.05) is 13.1 Å². The van der Waals surface area contributed by atoms with Gasteiger partial charge in [-0.05, 0) is 49.9 Å². The van der Waals surface area contributed by atoms with E-state index < -0.39 is 0 Å². The highest BCUT2D eigenvalue weighted by molar-refractivity contribution is 5.80. The molecule has 0 aliphatic carbocycles. The van der Waals surface area contributed by atoms with Gasteiger partial charge in [0, 0.05) is 6.54 Å². The molecule has 0 amide bonds. The van der Waals surface area contributed by atoms with Crippen LogP contribution in [0.25, 0.3) is 0 Å². The van der Waals surface area contributed by atoms with Crippen molar-refractivity contribution in [2.24, 2.45) is 10.7 Å². The van der Waals surface area contributed by atoms with Crippen LogP contribution in [-0.4, -0.2) is 23.9 Å². The normalized spacial score (nSPS) is 19.6. The maximum atomic E-state index is 5.91. The maximum Gasteiger partial charge on any atom is 0.191 e. The second-order valence-electron chi connectivity index (χ2n) is 4.79. The summed E-state index contributed by atoms with van der Waals surface area (Å²) in [6, 6.07) is 4.86. The van der Waals surface area contributed by atoms with Gasteiger partial charge in [-0.15, -0.1) is 0 Å². The van der Waals surface area contributed by atoms with Gasteiger partial charge in [-0.2, -0.15) is 0 Å². The van der Waals surface area contributed by atoms with E-state index in [-0.39, 0.29) is 0 Å². The Kier molecular flexibility index (Phi) is 3.09. The molecule has 92 valence electrons. The fraction of sp³-hybridized carbons (Fsp3) is 0.500. The van der Waals surface area contributed by atoms with Crippen molar-refractivity contribution >= 4 is 5.96 Å². The molecule has 1 heterocycles. The molecule has 1 aliphatic rings. The first kappa shape index (κ1) is 12.0. The van der Waals surface area contributed by atoms with Gasteiger partial charge in [0.1, 0.15) is 0 Å².